The van der Waals surface area contributed by atoms with E-state index in [0.29, 0.717) is 30.6 Å². The number of nitrogens with zero attached hydrogens (tertiary/aromatic N) is 4. The third-order valence-electron chi connectivity index (χ3n) is 3.76. The number of carbonyl (C=O) groups is 1. The standard InChI is InChI=1S/C16H20N4O2/c1-12-15(16(21)19(10-11-22-2)13-8-9-13)18-20(17-12)14-6-4-3-5-7-14/h3-7,13H,8-11H2,1-2H3. The zero-order chi connectivity index (χ0) is 15.5. The summed E-state index contributed by atoms with van der Waals surface area (Å²) in [5.74, 6) is -0.0563. The van der Waals surface area contributed by atoms with Crippen molar-refractivity contribution in [3.63, 3.8) is 0 Å². The SMILES string of the molecule is COCCN(C(=O)c1nn(-c2ccccc2)nc1C)C1CC1. The van der Waals surface area contributed by atoms with E-state index in [4.69, 9.17) is 4.74 Å². The van der Waals surface area contributed by atoms with Crippen LogP contribution in [0, 0.1) is 6.92 Å². The third-order valence-corrected chi connectivity index (χ3v) is 3.76. The smallest absolute Gasteiger partial charge is 0.276 e. The molecule has 0 spiro atoms. The molecular formula is C16H20N4O2. The molecule has 3 rings (SSSR count). The molecule has 1 saturated carbocycles. The van der Waals surface area contributed by atoms with E-state index in [0.717, 1.165) is 18.5 Å². The zero-order valence-electron chi connectivity index (χ0n) is 12.9. The van der Waals surface area contributed by atoms with Crippen molar-refractivity contribution in [3.05, 3.63) is 41.7 Å². The van der Waals surface area contributed by atoms with E-state index < -0.39 is 0 Å². The molecule has 0 bridgehead atoms. The van der Waals surface area contributed by atoms with Gasteiger partial charge in [0.15, 0.2) is 5.69 Å². The number of rotatable bonds is 6. The molecule has 0 radical (unpaired) electrons. The molecule has 22 heavy (non-hydrogen) atoms. The van der Waals surface area contributed by atoms with Gasteiger partial charge in [-0.1, -0.05) is 18.2 Å². The molecule has 2 aromatic rings. The van der Waals surface area contributed by atoms with Crippen LogP contribution in [0.3, 0.4) is 0 Å². The summed E-state index contributed by atoms with van der Waals surface area (Å²) < 4.78 is 5.11. The first-order valence-corrected chi connectivity index (χ1v) is 7.50. The Balaban J connectivity index is 1.84. The number of aromatic nitrogens is 3. The van der Waals surface area contributed by atoms with E-state index in [1.165, 1.54) is 4.80 Å². The van der Waals surface area contributed by atoms with E-state index in [2.05, 4.69) is 10.2 Å². The molecule has 1 fully saturated rings. The van der Waals surface area contributed by atoms with Crippen LogP contribution in [0.5, 0.6) is 0 Å². The van der Waals surface area contributed by atoms with Gasteiger partial charge in [-0.2, -0.15) is 9.90 Å². The fraction of sp³-hybridized carbons (Fsp3) is 0.438. The molecule has 1 amide bonds. The van der Waals surface area contributed by atoms with Gasteiger partial charge >= 0.3 is 0 Å². The largest absolute Gasteiger partial charge is 0.383 e. The fourth-order valence-corrected chi connectivity index (χ4v) is 2.42. The number of ether oxygens (including phenoxy) is 1. The van der Waals surface area contributed by atoms with Crippen LogP contribution in [0.15, 0.2) is 30.3 Å². The molecule has 1 aromatic heterocycles. The molecule has 0 atom stereocenters. The van der Waals surface area contributed by atoms with Gasteiger partial charge < -0.3 is 9.64 Å². The van der Waals surface area contributed by atoms with Crippen LogP contribution in [0.1, 0.15) is 29.0 Å². The van der Waals surface area contributed by atoms with E-state index in [1.807, 2.05) is 42.2 Å². The zero-order valence-corrected chi connectivity index (χ0v) is 12.9. The lowest BCUT2D eigenvalue weighted by Gasteiger charge is -2.20. The highest BCUT2D eigenvalue weighted by Gasteiger charge is 2.34. The first-order chi connectivity index (χ1) is 10.7. The van der Waals surface area contributed by atoms with Crippen molar-refractivity contribution in [3.8, 4) is 5.69 Å². The van der Waals surface area contributed by atoms with Crippen molar-refractivity contribution < 1.29 is 9.53 Å². The minimum Gasteiger partial charge on any atom is -0.383 e. The summed E-state index contributed by atoms with van der Waals surface area (Å²) in [5, 5.41) is 8.76. The summed E-state index contributed by atoms with van der Waals surface area (Å²) in [6, 6.07) is 9.93. The first-order valence-electron chi connectivity index (χ1n) is 7.50. The monoisotopic (exact) mass is 300 g/mol. The average Bonchev–Trinajstić information content (AvgIpc) is 3.30. The topological polar surface area (TPSA) is 60.2 Å². The number of hydrogen-bond donors (Lipinski definition) is 0. The van der Waals surface area contributed by atoms with Crippen LogP contribution >= 0.6 is 0 Å². The van der Waals surface area contributed by atoms with Crippen molar-refractivity contribution in [1.82, 2.24) is 19.9 Å². The fourth-order valence-electron chi connectivity index (χ4n) is 2.42. The van der Waals surface area contributed by atoms with Crippen molar-refractivity contribution in [2.75, 3.05) is 20.3 Å². The number of benzene rings is 1. The van der Waals surface area contributed by atoms with Crippen LogP contribution in [-0.2, 0) is 4.74 Å². The van der Waals surface area contributed by atoms with Gasteiger partial charge in [-0.15, -0.1) is 5.10 Å². The van der Waals surface area contributed by atoms with E-state index >= 15 is 0 Å². The molecule has 0 saturated heterocycles. The van der Waals surface area contributed by atoms with Gasteiger partial charge in [0.2, 0.25) is 0 Å². The maximum atomic E-state index is 12.8. The van der Waals surface area contributed by atoms with Gasteiger partial charge in [0, 0.05) is 19.7 Å². The lowest BCUT2D eigenvalue weighted by molar-refractivity contribution is 0.0673. The highest BCUT2D eigenvalue weighted by Crippen LogP contribution is 2.28. The van der Waals surface area contributed by atoms with Crippen molar-refractivity contribution in [1.29, 1.82) is 0 Å². The first kappa shape index (κ1) is 14.7. The number of amides is 1. The molecule has 0 aliphatic heterocycles. The Morgan fingerprint density at radius 1 is 1.32 bits per heavy atom. The normalized spacial score (nSPS) is 14.1. The second kappa shape index (κ2) is 6.27. The molecule has 0 unspecified atom stereocenters. The van der Waals surface area contributed by atoms with Crippen LogP contribution in [0.25, 0.3) is 5.69 Å². The lowest BCUT2D eigenvalue weighted by atomic mass is 10.3. The molecule has 6 heteroatoms. The maximum Gasteiger partial charge on any atom is 0.276 e. The van der Waals surface area contributed by atoms with Gasteiger partial charge in [0.25, 0.3) is 5.91 Å². The highest BCUT2D eigenvalue weighted by atomic mass is 16.5. The Morgan fingerprint density at radius 3 is 2.68 bits per heavy atom. The van der Waals surface area contributed by atoms with E-state index in [1.54, 1.807) is 7.11 Å². The highest BCUT2D eigenvalue weighted by molar-refractivity contribution is 5.93. The third kappa shape index (κ3) is 3.01. The Hall–Kier alpha value is -2.21. The Bertz CT molecular complexity index is 649. The summed E-state index contributed by atoms with van der Waals surface area (Å²) in [5.41, 5.74) is 1.92. The molecule has 6 nitrogen and oxygen atoms in total. The summed E-state index contributed by atoms with van der Waals surface area (Å²) in [4.78, 5) is 16.1. The van der Waals surface area contributed by atoms with Crippen molar-refractivity contribution in [2.24, 2.45) is 0 Å². The number of para-hydroxylation sites is 1. The number of hydrogen-bond acceptors (Lipinski definition) is 4. The average molecular weight is 300 g/mol. The van der Waals surface area contributed by atoms with Crippen LogP contribution in [0.4, 0.5) is 0 Å². The Morgan fingerprint density at radius 2 is 2.05 bits per heavy atom. The molecule has 116 valence electrons. The molecule has 0 N–H and O–H groups in total. The summed E-state index contributed by atoms with van der Waals surface area (Å²) in [6.07, 6.45) is 2.11. The Labute approximate surface area is 129 Å². The molecular weight excluding hydrogens is 280 g/mol. The van der Waals surface area contributed by atoms with Crippen LogP contribution < -0.4 is 0 Å². The minimum absolute atomic E-state index is 0.0563. The van der Waals surface area contributed by atoms with E-state index in [-0.39, 0.29) is 5.91 Å². The minimum atomic E-state index is -0.0563. The number of carbonyl (C=O) groups excluding carboxylic acids is 1. The molecule has 1 aromatic carbocycles. The quantitative estimate of drug-likeness (QED) is 0.816. The maximum absolute atomic E-state index is 12.8. The van der Waals surface area contributed by atoms with Crippen molar-refractivity contribution in [2.45, 2.75) is 25.8 Å². The van der Waals surface area contributed by atoms with Gasteiger partial charge in [-0.05, 0) is 31.9 Å². The lowest BCUT2D eigenvalue weighted by Crippen LogP contribution is -2.36. The summed E-state index contributed by atoms with van der Waals surface area (Å²) >= 11 is 0. The number of aryl methyl sites for hydroxylation is 1. The Kier molecular flexibility index (Phi) is 4.20. The van der Waals surface area contributed by atoms with Gasteiger partial charge in [0.05, 0.1) is 18.0 Å². The second-order valence-corrected chi connectivity index (χ2v) is 5.48. The summed E-state index contributed by atoms with van der Waals surface area (Å²) in [6.45, 7) is 2.95. The van der Waals surface area contributed by atoms with Gasteiger partial charge in [0.1, 0.15) is 0 Å². The van der Waals surface area contributed by atoms with Crippen LogP contribution in [0.2, 0.25) is 0 Å². The molecule has 1 aliphatic carbocycles. The molecule has 1 heterocycles. The van der Waals surface area contributed by atoms with Crippen molar-refractivity contribution >= 4 is 5.91 Å². The predicted octanol–water partition coefficient (Wildman–Crippen LogP) is 1.83. The second-order valence-electron chi connectivity index (χ2n) is 5.48. The van der Waals surface area contributed by atoms with E-state index in [9.17, 15) is 4.79 Å². The van der Waals surface area contributed by atoms with Gasteiger partial charge in [-0.25, -0.2) is 0 Å². The summed E-state index contributed by atoms with van der Waals surface area (Å²) in [7, 11) is 1.65. The van der Waals surface area contributed by atoms with Crippen LogP contribution in [-0.4, -0.2) is 52.1 Å². The number of methoxy groups -OCH3 is 1. The molecule has 1 aliphatic rings. The van der Waals surface area contributed by atoms with Gasteiger partial charge in [-0.3, -0.25) is 4.79 Å². The predicted molar refractivity (Wildman–Crippen MR) is 82.0 cm³/mol.